The minimum Gasteiger partial charge on any atom is -0.507 e. The van der Waals surface area contributed by atoms with Crippen LogP contribution in [0, 0.1) is 5.92 Å². The number of rotatable bonds is 9. The van der Waals surface area contributed by atoms with Gasteiger partial charge in [-0.3, -0.25) is 9.59 Å². The van der Waals surface area contributed by atoms with Crippen LogP contribution in [0.5, 0.6) is 5.75 Å². The van der Waals surface area contributed by atoms with Crippen LogP contribution in [0.1, 0.15) is 56.0 Å². The smallest absolute Gasteiger partial charge is 0.342 e. The van der Waals surface area contributed by atoms with E-state index in [4.69, 9.17) is 9.47 Å². The second-order valence-electron chi connectivity index (χ2n) is 8.87. The summed E-state index contributed by atoms with van der Waals surface area (Å²) in [6.07, 6.45) is -1.45. The largest absolute Gasteiger partial charge is 0.507 e. The first-order valence-electron chi connectivity index (χ1n) is 11.1. The minimum absolute atomic E-state index is 0. The third-order valence-corrected chi connectivity index (χ3v) is 5.80. The van der Waals surface area contributed by atoms with Gasteiger partial charge >= 0.3 is 11.9 Å². The Hall–Kier alpha value is -2.36. The maximum absolute atomic E-state index is 12.9. The molecule has 5 atom stereocenters. The molecule has 2 aliphatic heterocycles. The summed E-state index contributed by atoms with van der Waals surface area (Å²) in [6.45, 7) is 6.56. The Morgan fingerprint density at radius 3 is 2.61 bits per heavy atom. The van der Waals surface area contributed by atoms with Gasteiger partial charge in [0.1, 0.15) is 17.4 Å². The Morgan fingerprint density at radius 2 is 1.94 bits per heavy atom. The topological polar surface area (TPSA) is 134 Å². The summed E-state index contributed by atoms with van der Waals surface area (Å²) in [7, 11) is 0. The van der Waals surface area contributed by atoms with Gasteiger partial charge in [-0.2, -0.15) is 0 Å². The van der Waals surface area contributed by atoms with Crippen molar-refractivity contribution in [3.05, 3.63) is 29.3 Å². The van der Waals surface area contributed by atoms with Crippen molar-refractivity contribution in [2.75, 3.05) is 6.54 Å². The van der Waals surface area contributed by atoms with Crippen molar-refractivity contribution < 1.29 is 34.1 Å². The van der Waals surface area contributed by atoms with Gasteiger partial charge in [0.15, 0.2) is 12.2 Å². The molecule has 1 aromatic carbocycles. The van der Waals surface area contributed by atoms with Gasteiger partial charge in [0.05, 0.1) is 18.5 Å². The lowest BCUT2D eigenvalue weighted by Crippen LogP contribution is -2.55. The predicted molar refractivity (Wildman–Crippen MR) is 122 cm³/mol. The van der Waals surface area contributed by atoms with Crippen LogP contribution in [-0.4, -0.2) is 65.0 Å². The predicted octanol–water partition coefficient (Wildman–Crippen LogP) is 1.47. The molecule has 1 saturated heterocycles. The summed E-state index contributed by atoms with van der Waals surface area (Å²) in [5.74, 6) is -1.76. The number of hydrogen-bond acceptors (Lipinski definition) is 8. The second-order valence-corrected chi connectivity index (χ2v) is 8.87. The van der Waals surface area contributed by atoms with E-state index in [-0.39, 0.29) is 36.1 Å². The van der Waals surface area contributed by atoms with E-state index in [0.717, 1.165) is 6.42 Å². The number of hydrogen-bond donors (Lipinski definition) is 4. The molecule has 0 radical (unpaired) electrons. The molecule has 33 heavy (non-hydrogen) atoms. The quantitative estimate of drug-likeness (QED) is 0.387. The first kappa shape index (κ1) is 26.9. The SMILES string of the molecule is CCCNC1CC(=O)OC1C(O)C(=O)NC(CC(C)C)C1Cc2cccc(O)c2C(=O)O1.Cl. The average molecular weight is 485 g/mol. The summed E-state index contributed by atoms with van der Waals surface area (Å²) in [5, 5.41) is 26.6. The number of carbonyl (C=O) groups is 3. The van der Waals surface area contributed by atoms with E-state index in [9.17, 15) is 24.6 Å². The van der Waals surface area contributed by atoms with Crippen molar-refractivity contribution in [3.63, 3.8) is 0 Å². The van der Waals surface area contributed by atoms with E-state index >= 15 is 0 Å². The number of halogens is 1. The fourth-order valence-electron chi connectivity index (χ4n) is 4.28. The molecular weight excluding hydrogens is 452 g/mol. The highest BCUT2D eigenvalue weighted by Gasteiger charge is 2.43. The zero-order valence-corrected chi connectivity index (χ0v) is 19.9. The number of phenolic OH excluding ortho intramolecular Hbond substituents is 1. The van der Waals surface area contributed by atoms with Gasteiger partial charge in [0.2, 0.25) is 0 Å². The van der Waals surface area contributed by atoms with Crippen LogP contribution in [0.25, 0.3) is 0 Å². The molecule has 184 valence electrons. The lowest BCUT2D eigenvalue weighted by molar-refractivity contribution is -0.150. The number of ether oxygens (including phenoxy) is 2. The maximum Gasteiger partial charge on any atom is 0.342 e. The van der Waals surface area contributed by atoms with Crippen molar-refractivity contribution >= 4 is 30.3 Å². The average Bonchev–Trinajstić information content (AvgIpc) is 3.10. The lowest BCUT2D eigenvalue weighted by Gasteiger charge is -2.34. The fourth-order valence-corrected chi connectivity index (χ4v) is 4.28. The molecule has 2 heterocycles. The Labute approximate surface area is 199 Å². The van der Waals surface area contributed by atoms with Gasteiger partial charge in [-0.25, -0.2) is 4.79 Å². The van der Waals surface area contributed by atoms with E-state index in [1.54, 1.807) is 12.1 Å². The molecular formula is C23H33ClN2O7. The Balaban J connectivity index is 0.00000385. The summed E-state index contributed by atoms with van der Waals surface area (Å²) in [4.78, 5) is 37.2. The number of nitrogens with one attached hydrogen (secondary N) is 2. The van der Waals surface area contributed by atoms with Crippen molar-refractivity contribution in [1.29, 1.82) is 0 Å². The van der Waals surface area contributed by atoms with Crippen molar-refractivity contribution in [2.24, 2.45) is 5.92 Å². The van der Waals surface area contributed by atoms with Crippen LogP contribution >= 0.6 is 12.4 Å². The fraction of sp³-hybridized carbons (Fsp3) is 0.609. The summed E-state index contributed by atoms with van der Waals surface area (Å²) >= 11 is 0. The monoisotopic (exact) mass is 484 g/mol. The Bertz CT molecular complexity index is 863. The van der Waals surface area contributed by atoms with E-state index < -0.39 is 48.2 Å². The van der Waals surface area contributed by atoms with Crippen LogP contribution in [-0.2, 0) is 25.5 Å². The first-order valence-corrected chi connectivity index (χ1v) is 11.1. The molecule has 0 aromatic heterocycles. The molecule has 0 saturated carbocycles. The lowest BCUT2D eigenvalue weighted by atomic mass is 9.90. The van der Waals surface area contributed by atoms with Crippen LogP contribution in [0.15, 0.2) is 18.2 Å². The Morgan fingerprint density at radius 1 is 1.21 bits per heavy atom. The summed E-state index contributed by atoms with van der Waals surface area (Å²) in [6, 6.07) is 3.82. The third kappa shape index (κ3) is 6.37. The summed E-state index contributed by atoms with van der Waals surface area (Å²) < 4.78 is 10.8. The van der Waals surface area contributed by atoms with Gasteiger partial charge in [-0.05, 0) is 36.9 Å². The molecule has 0 aliphatic carbocycles. The summed E-state index contributed by atoms with van der Waals surface area (Å²) in [5.41, 5.74) is 0.782. The Kier molecular flexibility index (Phi) is 9.51. The molecule has 9 nitrogen and oxygen atoms in total. The number of esters is 2. The second kappa shape index (κ2) is 11.7. The van der Waals surface area contributed by atoms with E-state index in [2.05, 4.69) is 10.6 Å². The number of aliphatic hydroxyl groups is 1. The number of cyclic esters (lactones) is 2. The number of amides is 1. The zero-order valence-electron chi connectivity index (χ0n) is 19.1. The van der Waals surface area contributed by atoms with Crippen molar-refractivity contribution in [2.45, 2.75) is 76.9 Å². The molecule has 0 spiro atoms. The van der Waals surface area contributed by atoms with E-state index in [1.165, 1.54) is 6.07 Å². The van der Waals surface area contributed by atoms with Crippen LogP contribution in [0.4, 0.5) is 0 Å². The number of phenols is 1. The molecule has 1 fully saturated rings. The van der Waals surface area contributed by atoms with Crippen molar-refractivity contribution in [1.82, 2.24) is 10.6 Å². The standard InChI is InChI=1S/C23H32N2O7.ClH/c1-4-8-24-15-11-18(27)32-21(15)20(28)22(29)25-14(9-12(2)3)17-10-13-6-5-7-16(26)19(13)23(30)31-17;/h5-7,12,14-15,17,20-21,24,26,28H,4,8-11H2,1-3H3,(H,25,29);1H. The highest BCUT2D eigenvalue weighted by atomic mass is 35.5. The number of fused-ring (bicyclic) bond motifs is 1. The molecule has 3 rings (SSSR count). The van der Waals surface area contributed by atoms with Gasteiger partial charge in [0, 0.05) is 6.42 Å². The highest BCUT2D eigenvalue weighted by Crippen LogP contribution is 2.30. The van der Waals surface area contributed by atoms with E-state index in [1.807, 2.05) is 20.8 Å². The van der Waals surface area contributed by atoms with Gasteiger partial charge in [0.25, 0.3) is 5.91 Å². The van der Waals surface area contributed by atoms with Crippen molar-refractivity contribution in [3.8, 4) is 5.75 Å². The number of benzene rings is 1. The maximum atomic E-state index is 12.9. The molecule has 1 aromatic rings. The zero-order chi connectivity index (χ0) is 23.4. The minimum atomic E-state index is -1.55. The molecule has 2 aliphatic rings. The number of aliphatic hydroxyl groups excluding tert-OH is 1. The molecule has 4 N–H and O–H groups in total. The molecule has 10 heteroatoms. The first-order chi connectivity index (χ1) is 15.2. The molecule has 0 bridgehead atoms. The molecule has 5 unspecified atom stereocenters. The van der Waals surface area contributed by atoms with Gasteiger partial charge in [-0.15, -0.1) is 12.4 Å². The number of carbonyl (C=O) groups excluding carboxylic acids is 3. The number of aromatic hydroxyl groups is 1. The molecule has 1 amide bonds. The third-order valence-electron chi connectivity index (χ3n) is 5.80. The van der Waals surface area contributed by atoms with Crippen LogP contribution in [0.3, 0.4) is 0 Å². The van der Waals surface area contributed by atoms with E-state index in [0.29, 0.717) is 24.9 Å². The normalized spacial score (nSPS) is 23.7. The highest BCUT2D eigenvalue weighted by molar-refractivity contribution is 5.95. The van der Waals surface area contributed by atoms with Crippen LogP contribution < -0.4 is 10.6 Å². The van der Waals surface area contributed by atoms with Gasteiger partial charge < -0.3 is 30.3 Å². The van der Waals surface area contributed by atoms with Gasteiger partial charge in [-0.1, -0.05) is 32.9 Å². The van der Waals surface area contributed by atoms with Crippen LogP contribution in [0.2, 0.25) is 0 Å².